The van der Waals surface area contributed by atoms with Gasteiger partial charge in [-0.1, -0.05) is 12.1 Å². The standard InChI is InChI=1S/C14H21N3O4S/c1-14(2,3)21-13(18)16-11(12(15)22)8-9-4-6-10(7-5-9)17(19)20/h4-7,11-12,22H,8,15H2,1-3H3,(H,16,18)/t11-,12?/m0/s1. The first kappa shape index (κ1) is 18.2. The van der Waals surface area contributed by atoms with Gasteiger partial charge in [-0.15, -0.1) is 0 Å². The molecule has 1 rings (SSSR count). The summed E-state index contributed by atoms with van der Waals surface area (Å²) in [6.45, 7) is 5.29. The van der Waals surface area contributed by atoms with Crippen molar-refractivity contribution in [3.8, 4) is 0 Å². The number of nitro benzene ring substituents is 1. The van der Waals surface area contributed by atoms with Crippen molar-refractivity contribution in [1.82, 2.24) is 5.32 Å². The van der Waals surface area contributed by atoms with Crippen LogP contribution >= 0.6 is 12.6 Å². The van der Waals surface area contributed by atoms with Gasteiger partial charge in [-0.25, -0.2) is 4.79 Å². The summed E-state index contributed by atoms with van der Waals surface area (Å²) >= 11 is 4.16. The Labute approximate surface area is 134 Å². The highest BCUT2D eigenvalue weighted by molar-refractivity contribution is 7.80. The molecule has 0 aliphatic rings. The average Bonchev–Trinajstić information content (AvgIpc) is 2.36. The maximum Gasteiger partial charge on any atom is 0.407 e. The lowest BCUT2D eigenvalue weighted by Gasteiger charge is -2.25. The minimum absolute atomic E-state index is 0.00979. The molecule has 3 N–H and O–H groups in total. The van der Waals surface area contributed by atoms with Gasteiger partial charge >= 0.3 is 6.09 Å². The second kappa shape index (κ2) is 7.46. The Morgan fingerprint density at radius 2 is 1.95 bits per heavy atom. The topological polar surface area (TPSA) is 107 Å². The Morgan fingerprint density at radius 1 is 1.41 bits per heavy atom. The monoisotopic (exact) mass is 327 g/mol. The van der Waals surface area contributed by atoms with Crippen molar-refractivity contribution in [2.75, 3.05) is 0 Å². The highest BCUT2D eigenvalue weighted by Gasteiger charge is 2.22. The van der Waals surface area contributed by atoms with Crippen LogP contribution in [0.15, 0.2) is 24.3 Å². The molecule has 2 atom stereocenters. The molecule has 0 bridgehead atoms. The normalized spacial score (nSPS) is 14.0. The van der Waals surface area contributed by atoms with Crippen LogP contribution in [0.3, 0.4) is 0 Å². The molecule has 1 aromatic rings. The van der Waals surface area contributed by atoms with E-state index in [4.69, 9.17) is 10.5 Å². The summed E-state index contributed by atoms with van der Waals surface area (Å²) in [7, 11) is 0. The van der Waals surface area contributed by atoms with Crippen LogP contribution in [-0.4, -0.2) is 28.0 Å². The number of thiol groups is 1. The Hall–Kier alpha value is -1.80. The Balaban J connectivity index is 2.72. The lowest BCUT2D eigenvalue weighted by Crippen LogP contribution is -2.48. The van der Waals surface area contributed by atoms with Crippen LogP contribution < -0.4 is 11.1 Å². The van der Waals surface area contributed by atoms with E-state index >= 15 is 0 Å². The van der Waals surface area contributed by atoms with E-state index in [1.807, 2.05) is 0 Å². The van der Waals surface area contributed by atoms with Gasteiger partial charge in [0.25, 0.3) is 5.69 Å². The van der Waals surface area contributed by atoms with Crippen molar-refractivity contribution in [2.45, 2.75) is 44.2 Å². The maximum absolute atomic E-state index is 11.8. The zero-order valence-corrected chi connectivity index (χ0v) is 13.7. The summed E-state index contributed by atoms with van der Waals surface area (Å²) in [5.41, 5.74) is 5.96. The van der Waals surface area contributed by atoms with Gasteiger partial charge in [0.15, 0.2) is 0 Å². The molecule has 0 spiro atoms. The van der Waals surface area contributed by atoms with E-state index in [1.165, 1.54) is 12.1 Å². The summed E-state index contributed by atoms with van der Waals surface area (Å²) in [5.74, 6) is 0. The van der Waals surface area contributed by atoms with Gasteiger partial charge in [0.1, 0.15) is 5.60 Å². The van der Waals surface area contributed by atoms with E-state index in [-0.39, 0.29) is 5.69 Å². The molecule has 0 heterocycles. The number of nitrogens with zero attached hydrogens (tertiary/aromatic N) is 1. The van der Waals surface area contributed by atoms with E-state index in [9.17, 15) is 14.9 Å². The Kier molecular flexibility index (Phi) is 6.19. The van der Waals surface area contributed by atoms with E-state index in [0.29, 0.717) is 6.42 Å². The number of benzene rings is 1. The van der Waals surface area contributed by atoms with E-state index in [2.05, 4.69) is 17.9 Å². The van der Waals surface area contributed by atoms with Crippen LogP contribution in [-0.2, 0) is 11.2 Å². The smallest absolute Gasteiger partial charge is 0.407 e. The number of ether oxygens (including phenoxy) is 1. The van der Waals surface area contributed by atoms with Crippen LogP contribution in [0.1, 0.15) is 26.3 Å². The molecular weight excluding hydrogens is 306 g/mol. The van der Waals surface area contributed by atoms with Crippen LogP contribution in [0.25, 0.3) is 0 Å². The molecule has 0 aliphatic carbocycles. The van der Waals surface area contributed by atoms with Gasteiger partial charge in [-0.3, -0.25) is 10.1 Å². The van der Waals surface area contributed by atoms with Gasteiger partial charge < -0.3 is 15.8 Å². The predicted molar refractivity (Wildman–Crippen MR) is 86.9 cm³/mol. The molecule has 0 saturated carbocycles. The minimum atomic E-state index is -0.608. The largest absolute Gasteiger partial charge is 0.444 e. The number of nitrogens with one attached hydrogen (secondary N) is 1. The lowest BCUT2D eigenvalue weighted by atomic mass is 10.1. The summed E-state index contributed by atoms with van der Waals surface area (Å²) in [4.78, 5) is 21.9. The molecule has 0 aromatic heterocycles. The lowest BCUT2D eigenvalue weighted by molar-refractivity contribution is -0.384. The number of carbonyl (C=O) groups is 1. The fraction of sp³-hybridized carbons (Fsp3) is 0.500. The van der Waals surface area contributed by atoms with E-state index in [1.54, 1.807) is 32.9 Å². The predicted octanol–water partition coefficient (Wildman–Crippen LogP) is 2.25. The van der Waals surface area contributed by atoms with Gasteiger partial charge in [-0.05, 0) is 32.8 Å². The third kappa shape index (κ3) is 6.31. The third-order valence-electron chi connectivity index (χ3n) is 2.72. The number of nitro groups is 1. The number of alkyl carbamates (subject to hydrolysis) is 1. The summed E-state index contributed by atoms with van der Waals surface area (Å²) < 4.78 is 5.18. The first-order valence-electron chi connectivity index (χ1n) is 6.75. The van der Waals surface area contributed by atoms with Crippen molar-refractivity contribution >= 4 is 24.4 Å². The quantitative estimate of drug-likeness (QED) is 0.333. The van der Waals surface area contributed by atoms with Crippen LogP contribution in [0, 0.1) is 10.1 Å². The maximum atomic E-state index is 11.8. The zero-order valence-electron chi connectivity index (χ0n) is 12.8. The summed E-state index contributed by atoms with van der Waals surface area (Å²) in [5, 5.41) is 12.7. The van der Waals surface area contributed by atoms with Crippen molar-refractivity contribution in [3.05, 3.63) is 39.9 Å². The fourth-order valence-corrected chi connectivity index (χ4v) is 1.90. The Morgan fingerprint density at radius 3 is 2.36 bits per heavy atom. The molecule has 0 aliphatic heterocycles. The number of non-ortho nitro benzene ring substituents is 1. The highest BCUT2D eigenvalue weighted by Crippen LogP contribution is 2.15. The number of nitrogens with two attached hydrogens (primary N) is 1. The molecule has 1 amide bonds. The van der Waals surface area contributed by atoms with Gasteiger partial charge in [0.2, 0.25) is 0 Å². The molecule has 0 radical (unpaired) electrons. The first-order valence-corrected chi connectivity index (χ1v) is 7.26. The van der Waals surface area contributed by atoms with Crippen LogP contribution in [0.2, 0.25) is 0 Å². The second-order valence-electron chi connectivity index (χ2n) is 5.87. The Bertz CT molecular complexity index is 526. The molecule has 22 heavy (non-hydrogen) atoms. The number of hydrogen-bond acceptors (Lipinski definition) is 6. The molecule has 0 saturated heterocycles. The molecule has 1 unspecified atom stereocenters. The summed E-state index contributed by atoms with van der Waals surface area (Å²) in [6, 6.07) is 5.60. The van der Waals surface area contributed by atoms with Crippen molar-refractivity contribution in [2.24, 2.45) is 5.73 Å². The molecule has 0 fully saturated rings. The third-order valence-corrected chi connectivity index (χ3v) is 3.08. The number of amides is 1. The van der Waals surface area contributed by atoms with E-state index in [0.717, 1.165) is 5.56 Å². The van der Waals surface area contributed by atoms with E-state index < -0.39 is 28.0 Å². The molecule has 1 aromatic carbocycles. The summed E-state index contributed by atoms with van der Waals surface area (Å²) in [6.07, 6.45) is -0.189. The number of rotatable bonds is 5. The zero-order chi connectivity index (χ0) is 16.9. The average molecular weight is 327 g/mol. The van der Waals surface area contributed by atoms with Crippen LogP contribution in [0.4, 0.5) is 10.5 Å². The highest BCUT2D eigenvalue weighted by atomic mass is 32.1. The van der Waals surface area contributed by atoms with Crippen molar-refractivity contribution in [1.29, 1.82) is 0 Å². The molecule has 8 heteroatoms. The molecule has 7 nitrogen and oxygen atoms in total. The molecule has 122 valence electrons. The van der Waals surface area contributed by atoms with Gasteiger partial charge in [0.05, 0.1) is 16.3 Å². The fourth-order valence-electron chi connectivity index (χ4n) is 1.72. The van der Waals surface area contributed by atoms with Crippen molar-refractivity contribution < 1.29 is 14.5 Å². The van der Waals surface area contributed by atoms with Crippen LogP contribution in [0.5, 0.6) is 0 Å². The number of carbonyl (C=O) groups excluding carboxylic acids is 1. The molecular formula is C14H21N3O4S. The number of hydrogen-bond donors (Lipinski definition) is 3. The van der Waals surface area contributed by atoms with Gasteiger partial charge in [0, 0.05) is 12.1 Å². The second-order valence-corrected chi connectivity index (χ2v) is 6.47. The first-order chi connectivity index (χ1) is 10.1. The van der Waals surface area contributed by atoms with Gasteiger partial charge in [-0.2, -0.15) is 12.6 Å². The SMILES string of the molecule is CC(C)(C)OC(=O)N[C@@H](Cc1ccc([N+](=O)[O-])cc1)C(N)S. The minimum Gasteiger partial charge on any atom is -0.444 e. The van der Waals surface area contributed by atoms with Crippen molar-refractivity contribution in [3.63, 3.8) is 0 Å².